The van der Waals surface area contributed by atoms with Crippen LogP contribution in [0.15, 0.2) is 18.5 Å². The van der Waals surface area contributed by atoms with Crippen LogP contribution in [0, 0.1) is 12.3 Å². The van der Waals surface area contributed by atoms with Crippen molar-refractivity contribution < 1.29 is 9.90 Å². The monoisotopic (exact) mass is 272 g/mol. The average Bonchev–Trinajstić information content (AvgIpc) is 2.81. The van der Waals surface area contributed by atoms with Crippen LogP contribution < -0.4 is 4.90 Å². The van der Waals surface area contributed by atoms with E-state index in [9.17, 15) is 4.79 Å². The zero-order valence-electron chi connectivity index (χ0n) is 11.4. The van der Waals surface area contributed by atoms with E-state index in [1.54, 1.807) is 21.8 Å². The number of carboxylic acids is 1. The molecule has 20 heavy (non-hydrogen) atoms. The number of rotatable bonds is 5. The van der Waals surface area contributed by atoms with Crippen molar-refractivity contribution >= 4 is 17.3 Å². The molecule has 0 fully saturated rings. The molecule has 0 saturated carbocycles. The lowest BCUT2D eigenvalue weighted by Crippen LogP contribution is -2.31. The molecule has 0 aromatic carbocycles. The molecule has 104 valence electrons. The zero-order chi connectivity index (χ0) is 14.7. The minimum absolute atomic E-state index is 0.182. The summed E-state index contributed by atoms with van der Waals surface area (Å²) in [5.74, 6) is 2.32. The van der Waals surface area contributed by atoms with Gasteiger partial charge in [0.25, 0.3) is 0 Å². The van der Waals surface area contributed by atoms with Gasteiger partial charge >= 0.3 is 5.97 Å². The van der Waals surface area contributed by atoms with Gasteiger partial charge in [-0.15, -0.1) is 6.42 Å². The molecule has 0 aliphatic carbocycles. The second-order valence-electron chi connectivity index (χ2n) is 4.76. The second kappa shape index (κ2) is 5.61. The van der Waals surface area contributed by atoms with Gasteiger partial charge in [-0.05, 0) is 12.0 Å². The maximum absolute atomic E-state index is 10.9. The standard InChI is InChI=1S/C14H16N4O2/c1-4-6-17(9-13(19)20)14-12-8-11(10(2)3)16-18(12)7-5-15-14/h1,5,7-8,10H,6,9H2,2-3H3,(H,19,20). The minimum atomic E-state index is -0.951. The summed E-state index contributed by atoms with van der Waals surface area (Å²) >= 11 is 0. The molecule has 0 atom stereocenters. The van der Waals surface area contributed by atoms with E-state index in [1.165, 1.54) is 0 Å². The summed E-state index contributed by atoms with van der Waals surface area (Å²) in [4.78, 5) is 16.7. The molecule has 6 nitrogen and oxygen atoms in total. The summed E-state index contributed by atoms with van der Waals surface area (Å²) in [7, 11) is 0. The third-order valence-corrected chi connectivity index (χ3v) is 2.89. The van der Waals surface area contributed by atoms with Gasteiger partial charge in [0.1, 0.15) is 12.1 Å². The minimum Gasteiger partial charge on any atom is -0.480 e. The lowest BCUT2D eigenvalue weighted by molar-refractivity contribution is -0.135. The molecule has 2 aromatic heterocycles. The van der Waals surface area contributed by atoms with E-state index in [2.05, 4.69) is 16.0 Å². The summed E-state index contributed by atoms with van der Waals surface area (Å²) in [5.41, 5.74) is 1.68. The zero-order valence-corrected chi connectivity index (χ0v) is 11.4. The number of terminal acetylenes is 1. The van der Waals surface area contributed by atoms with Gasteiger partial charge in [0.2, 0.25) is 0 Å². The maximum Gasteiger partial charge on any atom is 0.323 e. The molecule has 0 bridgehead atoms. The first-order valence-electron chi connectivity index (χ1n) is 6.27. The predicted octanol–water partition coefficient (Wildman–Crippen LogP) is 1.38. The highest BCUT2D eigenvalue weighted by atomic mass is 16.4. The number of carboxylic acid groups (broad SMARTS) is 1. The summed E-state index contributed by atoms with van der Waals surface area (Å²) < 4.78 is 1.70. The van der Waals surface area contributed by atoms with Crippen molar-refractivity contribution in [1.82, 2.24) is 14.6 Å². The van der Waals surface area contributed by atoms with Crippen molar-refractivity contribution in [3.8, 4) is 12.3 Å². The Morgan fingerprint density at radius 2 is 2.35 bits per heavy atom. The molecule has 0 aliphatic rings. The van der Waals surface area contributed by atoms with Crippen molar-refractivity contribution in [2.24, 2.45) is 0 Å². The van der Waals surface area contributed by atoms with E-state index in [0.717, 1.165) is 11.2 Å². The van der Waals surface area contributed by atoms with Crippen LogP contribution in [0.4, 0.5) is 5.82 Å². The van der Waals surface area contributed by atoms with Gasteiger partial charge in [-0.2, -0.15) is 5.10 Å². The normalized spacial score (nSPS) is 10.7. The van der Waals surface area contributed by atoms with Gasteiger partial charge in [-0.25, -0.2) is 9.50 Å². The van der Waals surface area contributed by atoms with Crippen LogP contribution >= 0.6 is 0 Å². The van der Waals surface area contributed by atoms with Gasteiger partial charge < -0.3 is 10.0 Å². The van der Waals surface area contributed by atoms with Crippen LogP contribution in [0.2, 0.25) is 0 Å². The largest absolute Gasteiger partial charge is 0.480 e. The van der Waals surface area contributed by atoms with E-state index >= 15 is 0 Å². The molecular formula is C14H16N4O2. The molecule has 6 heteroatoms. The topological polar surface area (TPSA) is 70.7 Å². The maximum atomic E-state index is 10.9. The van der Waals surface area contributed by atoms with E-state index in [-0.39, 0.29) is 19.0 Å². The molecule has 0 unspecified atom stereocenters. The first-order valence-corrected chi connectivity index (χ1v) is 6.27. The van der Waals surface area contributed by atoms with E-state index < -0.39 is 5.97 Å². The van der Waals surface area contributed by atoms with Gasteiger partial charge in [-0.1, -0.05) is 19.8 Å². The smallest absolute Gasteiger partial charge is 0.323 e. The Morgan fingerprint density at radius 1 is 1.60 bits per heavy atom. The van der Waals surface area contributed by atoms with Gasteiger partial charge in [0, 0.05) is 12.4 Å². The van der Waals surface area contributed by atoms with Crippen LogP contribution in [-0.4, -0.2) is 38.8 Å². The molecule has 2 rings (SSSR count). The lowest BCUT2D eigenvalue weighted by atomic mass is 10.1. The number of fused-ring (bicyclic) bond motifs is 1. The third kappa shape index (κ3) is 2.72. The molecule has 0 spiro atoms. The van der Waals surface area contributed by atoms with Crippen molar-refractivity contribution in [1.29, 1.82) is 0 Å². The molecular weight excluding hydrogens is 256 g/mol. The number of nitrogens with zero attached hydrogens (tertiary/aromatic N) is 4. The Kier molecular flexibility index (Phi) is 3.89. The van der Waals surface area contributed by atoms with Crippen LogP contribution in [0.1, 0.15) is 25.5 Å². The lowest BCUT2D eigenvalue weighted by Gasteiger charge is -2.19. The number of aromatic nitrogens is 3. The van der Waals surface area contributed by atoms with E-state index in [0.29, 0.717) is 5.82 Å². The van der Waals surface area contributed by atoms with Crippen molar-refractivity contribution in [3.63, 3.8) is 0 Å². The number of hydrogen-bond acceptors (Lipinski definition) is 4. The van der Waals surface area contributed by atoms with Gasteiger partial charge in [0.05, 0.1) is 12.2 Å². The first-order chi connectivity index (χ1) is 9.52. The van der Waals surface area contributed by atoms with Crippen LogP contribution in [0.25, 0.3) is 5.52 Å². The molecule has 2 aromatic rings. The third-order valence-electron chi connectivity index (χ3n) is 2.89. The molecule has 0 saturated heterocycles. The van der Waals surface area contributed by atoms with E-state index in [4.69, 9.17) is 11.5 Å². The summed E-state index contributed by atoms with van der Waals surface area (Å²) in [6.07, 6.45) is 8.63. The average molecular weight is 272 g/mol. The molecule has 0 amide bonds. The van der Waals surface area contributed by atoms with Crippen LogP contribution in [-0.2, 0) is 4.79 Å². The molecule has 2 heterocycles. The van der Waals surface area contributed by atoms with Gasteiger partial charge in [0.15, 0.2) is 5.82 Å². The van der Waals surface area contributed by atoms with Crippen LogP contribution in [0.3, 0.4) is 0 Å². The summed E-state index contributed by atoms with van der Waals surface area (Å²) in [5, 5.41) is 13.4. The number of aliphatic carboxylic acids is 1. The second-order valence-corrected chi connectivity index (χ2v) is 4.76. The summed E-state index contributed by atoms with van der Waals surface area (Å²) in [6.45, 7) is 4.08. The molecule has 1 N–H and O–H groups in total. The fourth-order valence-corrected chi connectivity index (χ4v) is 1.93. The van der Waals surface area contributed by atoms with Crippen molar-refractivity contribution in [2.45, 2.75) is 19.8 Å². The van der Waals surface area contributed by atoms with Gasteiger partial charge in [-0.3, -0.25) is 4.79 Å². The Morgan fingerprint density at radius 3 is 2.95 bits per heavy atom. The Labute approximate surface area is 117 Å². The SMILES string of the molecule is C#CCN(CC(=O)O)c1nccn2nc(C(C)C)cc12. The highest BCUT2D eigenvalue weighted by molar-refractivity contribution is 5.78. The highest BCUT2D eigenvalue weighted by Crippen LogP contribution is 2.22. The van der Waals surface area contributed by atoms with Crippen molar-refractivity contribution in [2.75, 3.05) is 18.0 Å². The first kappa shape index (κ1) is 13.9. The summed E-state index contributed by atoms with van der Waals surface area (Å²) in [6, 6.07) is 1.92. The quantitative estimate of drug-likeness (QED) is 0.833. The number of carbonyl (C=O) groups is 1. The molecule has 0 aliphatic heterocycles. The van der Waals surface area contributed by atoms with Crippen molar-refractivity contribution in [3.05, 3.63) is 24.2 Å². The fraction of sp³-hybridized carbons (Fsp3) is 0.357. The fourth-order valence-electron chi connectivity index (χ4n) is 1.93. The van der Waals surface area contributed by atoms with E-state index in [1.807, 2.05) is 19.9 Å². The Hall–Kier alpha value is -2.55. The highest BCUT2D eigenvalue weighted by Gasteiger charge is 2.16. The predicted molar refractivity (Wildman–Crippen MR) is 75.8 cm³/mol. The Balaban J connectivity index is 2.51. The number of hydrogen-bond donors (Lipinski definition) is 1. The van der Waals surface area contributed by atoms with Crippen LogP contribution in [0.5, 0.6) is 0 Å². The number of anilines is 1. The molecule has 0 radical (unpaired) electrons. The Bertz CT molecular complexity index is 669.